The lowest BCUT2D eigenvalue weighted by Crippen LogP contribution is -2.03. The van der Waals surface area contributed by atoms with Crippen LogP contribution in [0.15, 0.2) is 170 Å². The fraction of sp³-hybridized carbons (Fsp3) is 0.0385. The van der Waals surface area contributed by atoms with Crippen LogP contribution in [0.3, 0.4) is 0 Å². The number of fused-ring (bicyclic) bond motifs is 6. The summed E-state index contributed by atoms with van der Waals surface area (Å²) in [6, 6.07) is 61.7. The highest BCUT2D eigenvalue weighted by molar-refractivity contribution is 6.13. The molecule has 0 spiro atoms. The van der Waals surface area contributed by atoms with E-state index in [1.165, 1.54) is 11.1 Å². The van der Waals surface area contributed by atoms with E-state index in [1.54, 1.807) is 0 Å². The molecule has 0 N–H and O–H groups in total. The zero-order valence-electron chi connectivity index (χ0n) is 31.0. The Morgan fingerprint density at radius 1 is 0.464 bits per heavy atom. The molecular weight excluding hydrogens is 681 g/mol. The Labute approximate surface area is 325 Å². The lowest BCUT2D eigenvalue weighted by Gasteiger charge is -2.20. The van der Waals surface area contributed by atoms with Crippen LogP contribution in [0.2, 0.25) is 0 Å². The summed E-state index contributed by atoms with van der Waals surface area (Å²) in [7, 11) is 0. The Morgan fingerprint density at radius 2 is 0.982 bits per heavy atom. The van der Waals surface area contributed by atoms with Gasteiger partial charge in [0.05, 0.1) is 51.6 Å². The molecule has 2 aromatic heterocycles. The van der Waals surface area contributed by atoms with E-state index in [-0.39, 0.29) is 0 Å². The maximum Gasteiger partial charge on any atom is 0.234 e. The first-order valence-electron chi connectivity index (χ1n) is 18.8. The molecule has 8 aromatic carbocycles. The number of hydrogen-bond donors (Lipinski definition) is 0. The van der Waals surface area contributed by atoms with Crippen molar-refractivity contribution in [1.82, 2.24) is 9.13 Å². The minimum absolute atomic E-state index is 0.525. The molecule has 0 amide bonds. The van der Waals surface area contributed by atoms with E-state index in [0.29, 0.717) is 11.3 Å². The van der Waals surface area contributed by atoms with Crippen LogP contribution in [-0.2, 0) is 0 Å². The summed E-state index contributed by atoms with van der Waals surface area (Å²) >= 11 is 0. The normalized spacial score (nSPS) is 11.4. The quantitative estimate of drug-likeness (QED) is 0.164. The highest BCUT2D eigenvalue weighted by Gasteiger charge is 2.25. The van der Waals surface area contributed by atoms with Crippen molar-refractivity contribution in [2.45, 2.75) is 13.8 Å². The second-order valence-electron chi connectivity index (χ2n) is 14.5. The smallest absolute Gasteiger partial charge is 0.234 e. The summed E-state index contributed by atoms with van der Waals surface area (Å²) < 4.78 is 4.55. The van der Waals surface area contributed by atoms with Gasteiger partial charge in [-0.1, -0.05) is 139 Å². The molecule has 0 unspecified atom stereocenters. The highest BCUT2D eigenvalue weighted by Crippen LogP contribution is 2.46. The second kappa shape index (κ2) is 13.0. The predicted molar refractivity (Wildman–Crippen MR) is 232 cm³/mol. The highest BCUT2D eigenvalue weighted by atomic mass is 15.1. The zero-order valence-corrected chi connectivity index (χ0v) is 31.0. The van der Waals surface area contributed by atoms with Crippen LogP contribution in [0.25, 0.3) is 93.2 Å². The van der Waals surface area contributed by atoms with Gasteiger partial charge in [0.25, 0.3) is 0 Å². The van der Waals surface area contributed by atoms with Crippen LogP contribution in [-0.4, -0.2) is 9.13 Å². The van der Waals surface area contributed by atoms with Gasteiger partial charge < -0.3 is 9.13 Å². The molecule has 2 heterocycles. The van der Waals surface area contributed by atoms with Crippen LogP contribution in [0.1, 0.15) is 16.7 Å². The van der Waals surface area contributed by atoms with E-state index < -0.39 is 0 Å². The van der Waals surface area contributed by atoms with E-state index >= 15 is 0 Å². The third kappa shape index (κ3) is 5.20. The van der Waals surface area contributed by atoms with Gasteiger partial charge in [-0.3, -0.25) is 0 Å². The van der Waals surface area contributed by atoms with Crippen LogP contribution in [0, 0.1) is 31.8 Å². The minimum Gasteiger partial charge on any atom is -0.319 e. The first kappa shape index (κ1) is 32.9. The van der Waals surface area contributed by atoms with Crippen molar-refractivity contribution in [1.29, 1.82) is 5.26 Å². The molecule has 262 valence electrons. The summed E-state index contributed by atoms with van der Waals surface area (Å²) in [4.78, 5) is 4.47. The van der Waals surface area contributed by atoms with E-state index in [9.17, 15) is 5.26 Å². The Balaban J connectivity index is 1.35. The Bertz CT molecular complexity index is 3310. The van der Waals surface area contributed by atoms with Crippen LogP contribution in [0.5, 0.6) is 0 Å². The van der Waals surface area contributed by atoms with Crippen molar-refractivity contribution in [3.05, 3.63) is 198 Å². The fourth-order valence-electron chi connectivity index (χ4n) is 8.53. The lowest BCUT2D eigenvalue weighted by molar-refractivity contribution is 1.15. The van der Waals surface area contributed by atoms with Gasteiger partial charge in [-0.15, -0.1) is 0 Å². The molecule has 0 saturated heterocycles. The maximum atomic E-state index is 9.99. The van der Waals surface area contributed by atoms with E-state index in [1.807, 2.05) is 24.3 Å². The number of nitrogens with zero attached hydrogens (tertiary/aromatic N) is 4. The molecule has 0 saturated carbocycles. The number of rotatable bonds is 5. The standard InChI is InChI=1S/C52H34N4/c1-33-11-8-14-36(27-33)38-21-23-44-42-17-4-6-19-46(42)55(49(44)30-38)48-26-25-41(40-16-10-13-35(29-40)32-53)52(51(48)54-3)56-47-20-7-5-18-43(47)45-24-22-39(31-50(45)56)37-15-9-12-34(2)28-37/h4-31H,1-2H3. The number of hydrogen-bond acceptors (Lipinski definition) is 1. The fourth-order valence-corrected chi connectivity index (χ4v) is 8.53. The van der Waals surface area contributed by atoms with Gasteiger partial charge >= 0.3 is 0 Å². The van der Waals surface area contributed by atoms with E-state index in [4.69, 9.17) is 6.57 Å². The zero-order chi connectivity index (χ0) is 37.9. The van der Waals surface area contributed by atoms with Gasteiger partial charge in [0, 0.05) is 21.5 Å². The summed E-state index contributed by atoms with van der Waals surface area (Å²) in [6.07, 6.45) is 0. The number of aryl methyl sites for hydroxylation is 2. The summed E-state index contributed by atoms with van der Waals surface area (Å²) in [5.74, 6) is 0. The summed E-state index contributed by atoms with van der Waals surface area (Å²) in [5, 5.41) is 14.5. The molecule has 10 aromatic rings. The molecule has 0 aliphatic carbocycles. The molecule has 4 nitrogen and oxygen atoms in total. The SMILES string of the molecule is [C-]#[N+]c1c(-n2c3ccccc3c3ccc(-c4cccc(C)c4)cc32)ccc(-c2cccc(C#N)c2)c1-n1c2ccccc2c2ccc(-c3cccc(C)c3)cc21. The Hall–Kier alpha value is -7.66. The molecule has 0 fully saturated rings. The molecule has 0 bridgehead atoms. The van der Waals surface area contributed by atoms with Gasteiger partial charge in [-0.2, -0.15) is 5.26 Å². The van der Waals surface area contributed by atoms with Crippen molar-refractivity contribution < 1.29 is 0 Å². The van der Waals surface area contributed by atoms with Crippen molar-refractivity contribution >= 4 is 49.3 Å². The van der Waals surface area contributed by atoms with E-state index in [0.717, 1.165) is 88.4 Å². The third-order valence-electron chi connectivity index (χ3n) is 11.1. The summed E-state index contributed by atoms with van der Waals surface area (Å²) in [6.45, 7) is 13.3. The lowest BCUT2D eigenvalue weighted by atomic mass is 9.98. The van der Waals surface area contributed by atoms with Crippen LogP contribution >= 0.6 is 0 Å². The Morgan fingerprint density at radius 3 is 1.57 bits per heavy atom. The largest absolute Gasteiger partial charge is 0.319 e. The molecule has 0 aliphatic heterocycles. The van der Waals surface area contributed by atoms with Gasteiger partial charge in [0.2, 0.25) is 5.69 Å². The minimum atomic E-state index is 0.525. The van der Waals surface area contributed by atoms with Gasteiger partial charge in [0.1, 0.15) is 0 Å². The molecule has 10 rings (SSSR count). The molecule has 56 heavy (non-hydrogen) atoms. The average molecular weight is 715 g/mol. The monoisotopic (exact) mass is 714 g/mol. The summed E-state index contributed by atoms with van der Waals surface area (Å²) in [5.41, 5.74) is 15.4. The van der Waals surface area contributed by atoms with Crippen molar-refractivity contribution in [2.24, 2.45) is 0 Å². The molecule has 4 heteroatoms. The number of benzene rings is 8. The number of nitriles is 1. The number of para-hydroxylation sites is 2. The molecule has 0 atom stereocenters. The first-order chi connectivity index (χ1) is 27.5. The first-order valence-corrected chi connectivity index (χ1v) is 18.8. The van der Waals surface area contributed by atoms with Gasteiger partial charge in [0.15, 0.2) is 0 Å². The van der Waals surface area contributed by atoms with Crippen molar-refractivity contribution in [3.8, 4) is 50.8 Å². The van der Waals surface area contributed by atoms with Gasteiger partial charge in [-0.05, 0) is 89.7 Å². The Kier molecular flexibility index (Phi) is 7.66. The van der Waals surface area contributed by atoms with Crippen molar-refractivity contribution in [2.75, 3.05) is 0 Å². The van der Waals surface area contributed by atoms with E-state index in [2.05, 4.69) is 179 Å². The molecular formula is C52H34N4. The van der Waals surface area contributed by atoms with Gasteiger partial charge in [-0.25, -0.2) is 4.85 Å². The predicted octanol–water partition coefficient (Wildman–Crippen LogP) is 13.9. The molecule has 0 radical (unpaired) electrons. The second-order valence-corrected chi connectivity index (χ2v) is 14.5. The molecule has 0 aliphatic rings. The topological polar surface area (TPSA) is 38.0 Å². The van der Waals surface area contributed by atoms with Crippen LogP contribution in [0.4, 0.5) is 5.69 Å². The van der Waals surface area contributed by atoms with Crippen molar-refractivity contribution in [3.63, 3.8) is 0 Å². The average Bonchev–Trinajstić information content (AvgIpc) is 3.75. The third-order valence-corrected chi connectivity index (χ3v) is 11.1. The maximum absolute atomic E-state index is 9.99. The van der Waals surface area contributed by atoms with Crippen LogP contribution < -0.4 is 0 Å². The number of aromatic nitrogens is 2.